The van der Waals surface area contributed by atoms with Gasteiger partial charge in [-0.2, -0.15) is 0 Å². The van der Waals surface area contributed by atoms with Gasteiger partial charge in [0.1, 0.15) is 12.6 Å². The first kappa shape index (κ1) is 34.3. The van der Waals surface area contributed by atoms with Gasteiger partial charge >= 0.3 is 0 Å². The van der Waals surface area contributed by atoms with Gasteiger partial charge in [-0.15, -0.1) is 0 Å². The van der Waals surface area contributed by atoms with Gasteiger partial charge in [0.2, 0.25) is 11.8 Å². The number of carbonyl (C=O) groups is 2. The molecule has 0 heterocycles. The molecular formula is C35H38ClN3O6S. The molecule has 1 atom stereocenters. The number of aryl methyl sites for hydroxylation is 1. The van der Waals surface area contributed by atoms with Gasteiger partial charge in [-0.05, 0) is 55.3 Å². The van der Waals surface area contributed by atoms with Crippen molar-refractivity contribution in [2.24, 2.45) is 0 Å². The first-order valence-corrected chi connectivity index (χ1v) is 16.6. The average molecular weight is 664 g/mol. The summed E-state index contributed by atoms with van der Waals surface area (Å²) < 4.78 is 40.3. The minimum atomic E-state index is -4.33. The molecule has 0 bridgehead atoms. The molecule has 0 unspecified atom stereocenters. The molecule has 4 aromatic rings. The number of anilines is 1. The fourth-order valence-electron chi connectivity index (χ4n) is 5.00. The van der Waals surface area contributed by atoms with Crippen molar-refractivity contribution in [1.29, 1.82) is 0 Å². The van der Waals surface area contributed by atoms with Crippen LogP contribution < -0.4 is 19.1 Å². The minimum Gasteiger partial charge on any atom is -0.493 e. The number of hydrogen-bond acceptors (Lipinski definition) is 6. The van der Waals surface area contributed by atoms with Crippen LogP contribution in [0.4, 0.5) is 5.69 Å². The lowest BCUT2D eigenvalue weighted by Crippen LogP contribution is -2.53. The maximum Gasteiger partial charge on any atom is 0.264 e. The lowest BCUT2D eigenvalue weighted by atomic mass is 10.0. The number of halogens is 1. The number of amides is 2. The van der Waals surface area contributed by atoms with E-state index in [9.17, 15) is 18.0 Å². The van der Waals surface area contributed by atoms with Crippen molar-refractivity contribution in [3.05, 3.63) is 119 Å². The van der Waals surface area contributed by atoms with Crippen LogP contribution in [-0.4, -0.2) is 58.5 Å². The Labute approximate surface area is 275 Å². The summed E-state index contributed by atoms with van der Waals surface area (Å²) in [5.74, 6) is -0.373. The molecule has 0 aliphatic heterocycles. The van der Waals surface area contributed by atoms with E-state index in [0.717, 1.165) is 15.4 Å². The summed E-state index contributed by atoms with van der Waals surface area (Å²) in [5, 5.41) is 3.27. The zero-order valence-corrected chi connectivity index (χ0v) is 27.8. The van der Waals surface area contributed by atoms with E-state index in [4.69, 9.17) is 21.1 Å². The quantitative estimate of drug-likeness (QED) is 0.187. The number of nitrogens with one attached hydrogen (secondary N) is 1. The molecule has 242 valence electrons. The smallest absolute Gasteiger partial charge is 0.264 e. The summed E-state index contributed by atoms with van der Waals surface area (Å²) in [6, 6.07) is 26.5. The van der Waals surface area contributed by atoms with E-state index < -0.39 is 28.5 Å². The van der Waals surface area contributed by atoms with E-state index in [1.54, 1.807) is 55.5 Å². The Hall–Kier alpha value is -4.54. The van der Waals surface area contributed by atoms with E-state index in [0.29, 0.717) is 22.9 Å². The van der Waals surface area contributed by atoms with Crippen LogP contribution in [0.15, 0.2) is 102 Å². The van der Waals surface area contributed by atoms with Crippen LogP contribution in [0.1, 0.15) is 23.6 Å². The highest BCUT2D eigenvalue weighted by molar-refractivity contribution is 7.92. The van der Waals surface area contributed by atoms with Crippen molar-refractivity contribution in [2.75, 3.05) is 31.6 Å². The third-order valence-electron chi connectivity index (χ3n) is 7.46. The summed E-state index contributed by atoms with van der Waals surface area (Å²) in [7, 11) is -1.46. The zero-order valence-electron chi connectivity index (χ0n) is 26.3. The Kier molecular flexibility index (Phi) is 11.7. The normalized spacial score (nSPS) is 11.8. The van der Waals surface area contributed by atoms with Crippen molar-refractivity contribution in [3.8, 4) is 11.5 Å². The van der Waals surface area contributed by atoms with Crippen molar-refractivity contribution >= 4 is 39.1 Å². The molecule has 2 amide bonds. The zero-order chi connectivity index (χ0) is 33.3. The number of rotatable bonds is 14. The van der Waals surface area contributed by atoms with Gasteiger partial charge in [-0.1, -0.05) is 77.8 Å². The number of ether oxygens (including phenoxy) is 2. The molecule has 0 aliphatic carbocycles. The van der Waals surface area contributed by atoms with E-state index in [2.05, 4.69) is 5.32 Å². The highest BCUT2D eigenvalue weighted by Crippen LogP contribution is 2.32. The fraction of sp³-hybridized carbons (Fsp3) is 0.257. The number of likely N-dealkylation sites (N-methyl/N-ethyl adjacent to an activating group) is 1. The van der Waals surface area contributed by atoms with Crippen molar-refractivity contribution < 1.29 is 27.5 Å². The van der Waals surface area contributed by atoms with E-state index in [1.165, 1.54) is 37.3 Å². The van der Waals surface area contributed by atoms with Gasteiger partial charge in [-0.3, -0.25) is 13.9 Å². The van der Waals surface area contributed by atoms with Gasteiger partial charge < -0.3 is 19.7 Å². The van der Waals surface area contributed by atoms with Crippen LogP contribution >= 0.6 is 11.6 Å². The van der Waals surface area contributed by atoms with Crippen LogP contribution in [-0.2, 0) is 32.6 Å². The number of hydrogen-bond donors (Lipinski definition) is 1. The average Bonchev–Trinajstić information content (AvgIpc) is 3.06. The number of methoxy groups -OCH3 is 2. The maximum atomic E-state index is 14.5. The fourth-order valence-corrected chi connectivity index (χ4v) is 6.63. The highest BCUT2D eigenvalue weighted by Gasteiger charge is 2.35. The molecule has 0 aliphatic rings. The number of sulfonamides is 1. The predicted octanol–water partition coefficient (Wildman–Crippen LogP) is 5.64. The van der Waals surface area contributed by atoms with Crippen LogP contribution in [0.3, 0.4) is 0 Å². The second-order valence-electron chi connectivity index (χ2n) is 10.6. The Bertz CT molecular complexity index is 1750. The second kappa shape index (κ2) is 15.6. The molecule has 0 aromatic heterocycles. The molecule has 0 spiro atoms. The molecule has 9 nitrogen and oxygen atoms in total. The standard InChI is InChI=1S/C35H38ClN3O6S/c1-5-37-35(41)31(21-26-11-7-6-8-12-26)38(23-27-13-9-10-14-30(27)36)34(40)24-39(28-17-15-25(2)16-18-28)46(42,43)29-19-20-32(44-3)33(22-29)45-4/h6-20,22,31H,5,21,23-24H2,1-4H3,(H,37,41)/t31-/m1/s1. The maximum absolute atomic E-state index is 14.5. The SMILES string of the molecule is CCNC(=O)[C@@H](Cc1ccccc1)N(Cc1ccccc1Cl)C(=O)CN(c1ccc(C)cc1)S(=O)(=O)c1ccc(OC)c(OC)c1. The first-order chi connectivity index (χ1) is 22.1. The molecule has 11 heteroatoms. The van der Waals surface area contributed by atoms with Crippen molar-refractivity contribution in [1.82, 2.24) is 10.2 Å². The Morgan fingerprint density at radius 1 is 0.870 bits per heavy atom. The van der Waals surface area contributed by atoms with E-state index in [1.807, 2.05) is 37.3 Å². The van der Waals surface area contributed by atoms with Crippen molar-refractivity contribution in [2.45, 2.75) is 37.8 Å². The van der Waals surface area contributed by atoms with Crippen LogP contribution in [0.2, 0.25) is 5.02 Å². The van der Waals surface area contributed by atoms with Crippen LogP contribution in [0.25, 0.3) is 0 Å². The van der Waals surface area contributed by atoms with E-state index >= 15 is 0 Å². The summed E-state index contributed by atoms with van der Waals surface area (Å²) in [4.78, 5) is 29.4. The Morgan fingerprint density at radius 3 is 2.15 bits per heavy atom. The third kappa shape index (κ3) is 8.18. The third-order valence-corrected chi connectivity index (χ3v) is 9.60. The molecule has 0 saturated heterocycles. The van der Waals surface area contributed by atoms with Crippen LogP contribution in [0, 0.1) is 6.92 Å². The molecule has 1 N–H and O–H groups in total. The van der Waals surface area contributed by atoms with Crippen molar-refractivity contribution in [3.63, 3.8) is 0 Å². The Morgan fingerprint density at radius 2 is 1.52 bits per heavy atom. The molecule has 0 radical (unpaired) electrons. The number of benzene rings is 4. The molecular weight excluding hydrogens is 626 g/mol. The number of carbonyl (C=O) groups excluding carboxylic acids is 2. The van der Waals surface area contributed by atoms with Gasteiger partial charge in [-0.25, -0.2) is 8.42 Å². The summed E-state index contributed by atoms with van der Waals surface area (Å²) in [6.07, 6.45) is 0.204. The van der Waals surface area contributed by atoms with E-state index in [-0.39, 0.29) is 35.2 Å². The van der Waals surface area contributed by atoms with Gasteiger partial charge in [0.25, 0.3) is 10.0 Å². The number of nitrogens with zero attached hydrogens (tertiary/aromatic N) is 2. The van der Waals surface area contributed by atoms with Crippen LogP contribution in [0.5, 0.6) is 11.5 Å². The Balaban J connectivity index is 1.82. The lowest BCUT2D eigenvalue weighted by molar-refractivity contribution is -0.140. The van der Waals surface area contributed by atoms with Gasteiger partial charge in [0.05, 0.1) is 24.8 Å². The molecule has 46 heavy (non-hydrogen) atoms. The predicted molar refractivity (Wildman–Crippen MR) is 180 cm³/mol. The topological polar surface area (TPSA) is 105 Å². The molecule has 4 aromatic carbocycles. The molecule has 4 rings (SSSR count). The highest BCUT2D eigenvalue weighted by atomic mass is 35.5. The molecule has 0 saturated carbocycles. The summed E-state index contributed by atoms with van der Waals surface area (Å²) >= 11 is 6.53. The first-order valence-electron chi connectivity index (χ1n) is 14.7. The summed E-state index contributed by atoms with van der Waals surface area (Å²) in [5.41, 5.74) is 2.65. The monoisotopic (exact) mass is 663 g/mol. The van der Waals surface area contributed by atoms with Gasteiger partial charge in [0.15, 0.2) is 11.5 Å². The summed E-state index contributed by atoms with van der Waals surface area (Å²) in [6.45, 7) is 3.42. The molecule has 0 fully saturated rings. The largest absolute Gasteiger partial charge is 0.493 e. The van der Waals surface area contributed by atoms with Gasteiger partial charge in [0, 0.05) is 30.6 Å². The lowest BCUT2D eigenvalue weighted by Gasteiger charge is -2.34. The second-order valence-corrected chi connectivity index (χ2v) is 12.8. The minimum absolute atomic E-state index is 0.0225.